The summed E-state index contributed by atoms with van der Waals surface area (Å²) in [6, 6.07) is 8.34. The largest absolute Gasteiger partial charge is 0.481 e. The minimum absolute atomic E-state index is 0.00269. The van der Waals surface area contributed by atoms with E-state index in [1.54, 1.807) is 0 Å². The number of carboxylic acid groups (broad SMARTS) is 1. The summed E-state index contributed by atoms with van der Waals surface area (Å²) in [6.45, 7) is 1.71. The molecule has 0 atom stereocenters. The van der Waals surface area contributed by atoms with E-state index in [4.69, 9.17) is 5.11 Å². The smallest absolute Gasteiger partial charge is 0.309 e. The number of benzene rings is 1. The first-order valence-corrected chi connectivity index (χ1v) is 6.58. The normalized spacial score (nSPS) is 13.7. The van der Waals surface area contributed by atoms with Gasteiger partial charge in [-0.3, -0.25) is 4.79 Å². The zero-order valence-corrected chi connectivity index (χ0v) is 10.5. The molecule has 2 aromatic rings. The lowest BCUT2D eigenvalue weighted by Gasteiger charge is -2.12. The van der Waals surface area contributed by atoms with E-state index in [1.165, 1.54) is 22.5 Å². The lowest BCUT2D eigenvalue weighted by molar-refractivity contribution is -0.136. The van der Waals surface area contributed by atoms with Crippen molar-refractivity contribution in [2.45, 2.75) is 19.5 Å². The van der Waals surface area contributed by atoms with Crippen LogP contribution in [0.2, 0.25) is 0 Å². The highest BCUT2D eigenvalue weighted by Gasteiger charge is 2.21. The molecule has 0 aliphatic carbocycles. The van der Waals surface area contributed by atoms with Gasteiger partial charge in [0, 0.05) is 18.5 Å². The van der Waals surface area contributed by atoms with Crippen LogP contribution in [0.4, 0.5) is 5.13 Å². The van der Waals surface area contributed by atoms with Gasteiger partial charge in [-0.1, -0.05) is 24.3 Å². The predicted octanol–water partition coefficient (Wildman–Crippen LogP) is 2.29. The first-order chi connectivity index (χ1) is 8.72. The molecule has 0 radical (unpaired) electrons. The molecule has 1 aromatic heterocycles. The molecule has 1 aliphatic heterocycles. The Morgan fingerprint density at radius 2 is 2.00 bits per heavy atom. The van der Waals surface area contributed by atoms with Crippen molar-refractivity contribution in [2.24, 2.45) is 0 Å². The number of anilines is 1. The van der Waals surface area contributed by atoms with Gasteiger partial charge in [-0.2, -0.15) is 0 Å². The highest BCUT2D eigenvalue weighted by Crippen LogP contribution is 2.30. The first kappa shape index (κ1) is 11.2. The van der Waals surface area contributed by atoms with Gasteiger partial charge in [-0.25, -0.2) is 4.98 Å². The average Bonchev–Trinajstić information content (AvgIpc) is 2.93. The highest BCUT2D eigenvalue weighted by atomic mass is 32.1. The molecule has 3 rings (SSSR count). The number of fused-ring (bicyclic) bond motifs is 1. The number of thiazole rings is 1. The van der Waals surface area contributed by atoms with Crippen LogP contribution in [0, 0.1) is 0 Å². The van der Waals surface area contributed by atoms with Gasteiger partial charge in [0.15, 0.2) is 5.13 Å². The SMILES string of the molecule is O=C(O)Cc1csc(N2Cc3ccccc3C2)n1. The van der Waals surface area contributed by atoms with Crippen LogP contribution >= 0.6 is 11.3 Å². The van der Waals surface area contributed by atoms with Gasteiger partial charge in [-0.05, 0) is 11.1 Å². The number of nitrogens with zero attached hydrogens (tertiary/aromatic N) is 2. The number of hydrogen-bond donors (Lipinski definition) is 1. The van der Waals surface area contributed by atoms with Gasteiger partial charge in [-0.15, -0.1) is 11.3 Å². The molecule has 2 heterocycles. The average molecular weight is 260 g/mol. The fourth-order valence-electron chi connectivity index (χ4n) is 2.15. The maximum Gasteiger partial charge on any atom is 0.309 e. The number of aliphatic carboxylic acids is 1. The highest BCUT2D eigenvalue weighted by molar-refractivity contribution is 7.13. The van der Waals surface area contributed by atoms with Gasteiger partial charge in [0.2, 0.25) is 0 Å². The topological polar surface area (TPSA) is 53.4 Å². The van der Waals surface area contributed by atoms with Crippen molar-refractivity contribution in [3.63, 3.8) is 0 Å². The standard InChI is InChI=1S/C13H12N2O2S/c16-12(17)5-11-8-18-13(14-11)15-6-9-3-1-2-4-10(9)7-15/h1-4,8H,5-7H2,(H,16,17). The first-order valence-electron chi connectivity index (χ1n) is 5.70. The lowest BCUT2D eigenvalue weighted by atomic mass is 10.1. The van der Waals surface area contributed by atoms with Crippen molar-refractivity contribution in [1.29, 1.82) is 0 Å². The monoisotopic (exact) mass is 260 g/mol. The lowest BCUT2D eigenvalue weighted by Crippen LogP contribution is -2.14. The molecule has 0 bridgehead atoms. The van der Waals surface area contributed by atoms with E-state index in [-0.39, 0.29) is 6.42 Å². The summed E-state index contributed by atoms with van der Waals surface area (Å²) in [6.07, 6.45) is -0.00269. The minimum Gasteiger partial charge on any atom is -0.481 e. The fraction of sp³-hybridized carbons (Fsp3) is 0.231. The third-order valence-electron chi connectivity index (χ3n) is 2.98. The number of rotatable bonds is 3. The Morgan fingerprint density at radius 1 is 1.33 bits per heavy atom. The van der Waals surface area contributed by atoms with E-state index in [1.807, 2.05) is 17.5 Å². The molecule has 0 amide bonds. The molecule has 1 N–H and O–H groups in total. The quantitative estimate of drug-likeness (QED) is 0.920. The number of hydrogen-bond acceptors (Lipinski definition) is 4. The van der Waals surface area contributed by atoms with Gasteiger partial charge < -0.3 is 10.0 Å². The molecule has 0 saturated carbocycles. The molecule has 0 unspecified atom stereocenters. The summed E-state index contributed by atoms with van der Waals surface area (Å²) in [7, 11) is 0. The third kappa shape index (κ3) is 2.09. The van der Waals surface area contributed by atoms with Gasteiger partial charge >= 0.3 is 5.97 Å². The van der Waals surface area contributed by atoms with Crippen molar-refractivity contribution < 1.29 is 9.90 Å². The Bertz CT molecular complexity index is 569. The summed E-state index contributed by atoms with van der Waals surface area (Å²) in [5, 5.41) is 11.5. The Kier molecular flexibility index (Phi) is 2.76. The Hall–Kier alpha value is -1.88. The molecule has 92 valence electrons. The molecular formula is C13H12N2O2S. The Morgan fingerprint density at radius 3 is 2.61 bits per heavy atom. The van der Waals surface area contributed by atoms with Crippen molar-refractivity contribution >= 4 is 22.4 Å². The van der Waals surface area contributed by atoms with Crippen LogP contribution in [0.3, 0.4) is 0 Å². The summed E-state index contributed by atoms with van der Waals surface area (Å²) < 4.78 is 0. The van der Waals surface area contributed by atoms with Crippen LogP contribution in [0.5, 0.6) is 0 Å². The van der Waals surface area contributed by atoms with Gasteiger partial charge in [0.1, 0.15) is 0 Å². The molecule has 4 nitrogen and oxygen atoms in total. The zero-order chi connectivity index (χ0) is 12.5. The summed E-state index contributed by atoms with van der Waals surface area (Å²) in [5.41, 5.74) is 3.29. The van der Waals surface area contributed by atoms with Crippen molar-refractivity contribution in [2.75, 3.05) is 4.90 Å². The maximum atomic E-state index is 10.6. The maximum absolute atomic E-state index is 10.6. The molecule has 1 aromatic carbocycles. The molecule has 5 heteroatoms. The Balaban J connectivity index is 1.78. The van der Waals surface area contributed by atoms with Crippen molar-refractivity contribution in [1.82, 2.24) is 4.98 Å². The summed E-state index contributed by atoms with van der Waals surface area (Å²) in [5.74, 6) is -0.837. The van der Waals surface area contributed by atoms with Crippen LogP contribution in [0.25, 0.3) is 0 Å². The van der Waals surface area contributed by atoms with E-state index in [9.17, 15) is 4.79 Å². The molecule has 0 fully saturated rings. The van der Waals surface area contributed by atoms with Gasteiger partial charge in [0.05, 0.1) is 12.1 Å². The molecular weight excluding hydrogens is 248 g/mol. The van der Waals surface area contributed by atoms with E-state index in [0.717, 1.165) is 18.2 Å². The van der Waals surface area contributed by atoms with Crippen molar-refractivity contribution in [3.8, 4) is 0 Å². The minimum atomic E-state index is -0.837. The number of carboxylic acids is 1. The molecule has 0 saturated heterocycles. The Labute approximate surface area is 109 Å². The van der Waals surface area contributed by atoms with Crippen molar-refractivity contribution in [3.05, 3.63) is 46.5 Å². The van der Waals surface area contributed by atoms with Crippen LogP contribution in [-0.2, 0) is 24.3 Å². The second-order valence-electron chi connectivity index (χ2n) is 4.32. The molecule has 18 heavy (non-hydrogen) atoms. The number of aromatic nitrogens is 1. The van der Waals surface area contributed by atoms with E-state index in [2.05, 4.69) is 22.0 Å². The summed E-state index contributed by atoms with van der Waals surface area (Å²) >= 11 is 1.51. The summed E-state index contributed by atoms with van der Waals surface area (Å²) in [4.78, 5) is 17.2. The fourth-order valence-corrected chi connectivity index (χ4v) is 2.97. The van der Waals surface area contributed by atoms with E-state index in [0.29, 0.717) is 5.69 Å². The number of carbonyl (C=O) groups is 1. The van der Waals surface area contributed by atoms with E-state index >= 15 is 0 Å². The van der Waals surface area contributed by atoms with Gasteiger partial charge in [0.25, 0.3) is 0 Å². The second-order valence-corrected chi connectivity index (χ2v) is 5.15. The second kappa shape index (κ2) is 4.42. The van der Waals surface area contributed by atoms with Crippen LogP contribution in [-0.4, -0.2) is 16.1 Å². The molecule has 0 spiro atoms. The zero-order valence-electron chi connectivity index (χ0n) is 9.67. The van der Waals surface area contributed by atoms with Crippen LogP contribution < -0.4 is 4.90 Å². The van der Waals surface area contributed by atoms with Crippen LogP contribution in [0.15, 0.2) is 29.6 Å². The third-order valence-corrected chi connectivity index (χ3v) is 3.93. The predicted molar refractivity (Wildman–Crippen MR) is 69.8 cm³/mol. The molecule has 1 aliphatic rings. The van der Waals surface area contributed by atoms with Crippen LogP contribution in [0.1, 0.15) is 16.8 Å². The van der Waals surface area contributed by atoms with E-state index < -0.39 is 5.97 Å².